The van der Waals surface area contributed by atoms with Crippen molar-refractivity contribution in [1.82, 2.24) is 9.88 Å². The number of hydrogen-bond donors (Lipinski definition) is 1. The molecule has 0 saturated carbocycles. The zero-order valence-electron chi connectivity index (χ0n) is 9.76. The smallest absolute Gasteiger partial charge is 0.142 e. The Morgan fingerprint density at radius 3 is 3.24 bits per heavy atom. The van der Waals surface area contributed by atoms with Crippen molar-refractivity contribution in [2.45, 2.75) is 31.3 Å². The van der Waals surface area contributed by atoms with E-state index in [1.165, 1.54) is 32.4 Å². The molecule has 0 aromatic carbocycles. The zero-order valence-corrected chi connectivity index (χ0v) is 9.76. The van der Waals surface area contributed by atoms with Crippen molar-refractivity contribution >= 4 is 5.69 Å². The van der Waals surface area contributed by atoms with Crippen molar-refractivity contribution in [3.05, 3.63) is 24.0 Å². The van der Waals surface area contributed by atoms with Gasteiger partial charge in [-0.2, -0.15) is 5.26 Å². The fraction of sp³-hybridized carbons (Fsp3) is 0.538. The average molecular weight is 228 g/mol. The number of hydrogen-bond acceptors (Lipinski definition) is 4. The lowest BCUT2D eigenvalue weighted by atomic mass is 10.1. The van der Waals surface area contributed by atoms with E-state index in [0.29, 0.717) is 17.8 Å². The summed E-state index contributed by atoms with van der Waals surface area (Å²) in [5, 5.41) is 12.4. The SMILES string of the molecule is N#Cc1cc(NC2CCN3CCCC23)ccn1. The summed E-state index contributed by atoms with van der Waals surface area (Å²) >= 11 is 0. The predicted molar refractivity (Wildman–Crippen MR) is 65.6 cm³/mol. The highest BCUT2D eigenvalue weighted by Gasteiger charge is 2.36. The molecule has 2 saturated heterocycles. The highest BCUT2D eigenvalue weighted by Crippen LogP contribution is 2.29. The second-order valence-corrected chi connectivity index (χ2v) is 4.83. The van der Waals surface area contributed by atoms with Gasteiger partial charge in [0.05, 0.1) is 0 Å². The summed E-state index contributed by atoms with van der Waals surface area (Å²) in [4.78, 5) is 6.56. The first-order valence-electron chi connectivity index (χ1n) is 6.23. The normalized spacial score (nSPS) is 27.7. The molecule has 2 fully saturated rings. The topological polar surface area (TPSA) is 52.0 Å². The zero-order chi connectivity index (χ0) is 11.7. The second kappa shape index (κ2) is 4.34. The van der Waals surface area contributed by atoms with Crippen molar-refractivity contribution in [2.24, 2.45) is 0 Å². The molecule has 1 N–H and O–H groups in total. The standard InChI is InChI=1S/C13H16N4/c14-9-11-8-10(3-5-15-11)16-12-4-7-17-6-1-2-13(12)17/h3,5,8,12-13H,1-2,4,6-7H2,(H,15,16). The van der Waals surface area contributed by atoms with Gasteiger partial charge in [0.1, 0.15) is 11.8 Å². The Morgan fingerprint density at radius 1 is 1.41 bits per heavy atom. The lowest BCUT2D eigenvalue weighted by molar-refractivity contribution is 0.318. The molecule has 1 aromatic rings. The predicted octanol–water partition coefficient (Wildman–Crippen LogP) is 1.60. The largest absolute Gasteiger partial charge is 0.381 e. The fourth-order valence-electron chi connectivity index (χ4n) is 3.05. The maximum absolute atomic E-state index is 8.82. The van der Waals surface area contributed by atoms with E-state index in [1.54, 1.807) is 6.20 Å². The Labute approximate surface area is 101 Å². The van der Waals surface area contributed by atoms with Crippen molar-refractivity contribution in [3.63, 3.8) is 0 Å². The molecular formula is C13H16N4. The molecule has 0 aliphatic carbocycles. The van der Waals surface area contributed by atoms with Gasteiger partial charge in [-0.3, -0.25) is 4.90 Å². The lowest BCUT2D eigenvalue weighted by Crippen LogP contribution is -2.33. The Balaban J connectivity index is 1.72. The number of anilines is 1. The van der Waals surface area contributed by atoms with E-state index in [0.717, 1.165) is 5.69 Å². The molecule has 1 aromatic heterocycles. The van der Waals surface area contributed by atoms with Crippen LogP contribution in [-0.4, -0.2) is 35.1 Å². The Morgan fingerprint density at radius 2 is 2.35 bits per heavy atom. The average Bonchev–Trinajstić information content (AvgIpc) is 2.94. The molecular weight excluding hydrogens is 212 g/mol. The van der Waals surface area contributed by atoms with Gasteiger partial charge < -0.3 is 5.32 Å². The van der Waals surface area contributed by atoms with Crippen LogP contribution in [0.15, 0.2) is 18.3 Å². The van der Waals surface area contributed by atoms with Crippen LogP contribution in [0.25, 0.3) is 0 Å². The van der Waals surface area contributed by atoms with Gasteiger partial charge >= 0.3 is 0 Å². The van der Waals surface area contributed by atoms with E-state index >= 15 is 0 Å². The van der Waals surface area contributed by atoms with E-state index in [4.69, 9.17) is 5.26 Å². The second-order valence-electron chi connectivity index (χ2n) is 4.83. The van der Waals surface area contributed by atoms with Crippen LogP contribution >= 0.6 is 0 Å². The first kappa shape index (κ1) is 10.5. The van der Waals surface area contributed by atoms with Crippen LogP contribution in [0.2, 0.25) is 0 Å². The van der Waals surface area contributed by atoms with Crippen LogP contribution in [-0.2, 0) is 0 Å². The molecule has 0 radical (unpaired) electrons. The fourth-order valence-corrected chi connectivity index (χ4v) is 3.05. The van der Waals surface area contributed by atoms with Crippen LogP contribution in [0.4, 0.5) is 5.69 Å². The van der Waals surface area contributed by atoms with Gasteiger partial charge in [0, 0.05) is 30.5 Å². The lowest BCUT2D eigenvalue weighted by Gasteiger charge is -2.22. The molecule has 0 bridgehead atoms. The minimum absolute atomic E-state index is 0.483. The monoisotopic (exact) mass is 228 g/mol. The number of pyridine rings is 1. The quantitative estimate of drug-likeness (QED) is 0.835. The maximum Gasteiger partial charge on any atom is 0.142 e. The summed E-state index contributed by atoms with van der Waals surface area (Å²) in [6, 6.07) is 7.07. The van der Waals surface area contributed by atoms with Crippen LogP contribution in [0, 0.1) is 11.3 Å². The van der Waals surface area contributed by atoms with E-state index in [2.05, 4.69) is 21.3 Å². The minimum Gasteiger partial charge on any atom is -0.381 e. The Bertz CT molecular complexity index is 451. The van der Waals surface area contributed by atoms with Crippen molar-refractivity contribution in [2.75, 3.05) is 18.4 Å². The molecule has 2 atom stereocenters. The van der Waals surface area contributed by atoms with Crippen molar-refractivity contribution < 1.29 is 0 Å². The van der Waals surface area contributed by atoms with Gasteiger partial charge in [-0.05, 0) is 37.9 Å². The molecule has 0 spiro atoms. The molecule has 2 unspecified atom stereocenters. The molecule has 3 heterocycles. The van der Waals surface area contributed by atoms with Gasteiger partial charge in [-0.15, -0.1) is 0 Å². The molecule has 3 rings (SSSR count). The third kappa shape index (κ3) is 1.98. The van der Waals surface area contributed by atoms with E-state index in [-0.39, 0.29) is 0 Å². The molecule has 2 aliphatic heterocycles. The van der Waals surface area contributed by atoms with E-state index < -0.39 is 0 Å². The number of fused-ring (bicyclic) bond motifs is 1. The van der Waals surface area contributed by atoms with Gasteiger partial charge in [-0.25, -0.2) is 4.98 Å². The Kier molecular flexibility index (Phi) is 2.69. The molecule has 0 amide bonds. The van der Waals surface area contributed by atoms with Crippen LogP contribution in [0.5, 0.6) is 0 Å². The summed E-state index contributed by atoms with van der Waals surface area (Å²) in [6.07, 6.45) is 5.52. The maximum atomic E-state index is 8.82. The van der Waals surface area contributed by atoms with Crippen molar-refractivity contribution in [3.8, 4) is 6.07 Å². The summed E-state index contributed by atoms with van der Waals surface area (Å²) in [7, 11) is 0. The summed E-state index contributed by atoms with van der Waals surface area (Å²) in [5.41, 5.74) is 1.51. The summed E-state index contributed by atoms with van der Waals surface area (Å²) < 4.78 is 0. The number of rotatable bonds is 2. The first-order chi connectivity index (χ1) is 8.36. The highest BCUT2D eigenvalue weighted by atomic mass is 15.2. The molecule has 4 nitrogen and oxygen atoms in total. The number of nitrogens with zero attached hydrogens (tertiary/aromatic N) is 3. The number of nitriles is 1. The third-order valence-corrected chi connectivity index (χ3v) is 3.83. The van der Waals surface area contributed by atoms with Gasteiger partial charge in [0.2, 0.25) is 0 Å². The summed E-state index contributed by atoms with van der Waals surface area (Å²) in [5.74, 6) is 0. The third-order valence-electron chi connectivity index (χ3n) is 3.83. The van der Waals surface area contributed by atoms with Crippen LogP contribution < -0.4 is 5.32 Å². The van der Waals surface area contributed by atoms with E-state index in [9.17, 15) is 0 Å². The van der Waals surface area contributed by atoms with Crippen LogP contribution in [0.3, 0.4) is 0 Å². The van der Waals surface area contributed by atoms with E-state index in [1.807, 2.05) is 12.1 Å². The minimum atomic E-state index is 0.483. The molecule has 2 aliphatic rings. The molecule has 88 valence electrons. The number of aromatic nitrogens is 1. The molecule has 17 heavy (non-hydrogen) atoms. The van der Waals surface area contributed by atoms with Gasteiger partial charge in [-0.1, -0.05) is 0 Å². The Hall–Kier alpha value is -1.60. The van der Waals surface area contributed by atoms with Crippen molar-refractivity contribution in [1.29, 1.82) is 5.26 Å². The molecule has 4 heteroatoms. The van der Waals surface area contributed by atoms with Gasteiger partial charge in [0.15, 0.2) is 0 Å². The first-order valence-corrected chi connectivity index (χ1v) is 6.23. The number of nitrogens with one attached hydrogen (secondary N) is 1. The summed E-state index contributed by atoms with van der Waals surface area (Å²) in [6.45, 7) is 2.46. The highest BCUT2D eigenvalue weighted by molar-refractivity contribution is 5.47. The van der Waals surface area contributed by atoms with Crippen LogP contribution in [0.1, 0.15) is 25.0 Å². The van der Waals surface area contributed by atoms with Gasteiger partial charge in [0.25, 0.3) is 0 Å².